The van der Waals surface area contributed by atoms with Crippen LogP contribution in [0.25, 0.3) is 0 Å². The van der Waals surface area contributed by atoms with Gasteiger partial charge in [0.25, 0.3) is 0 Å². The van der Waals surface area contributed by atoms with Gasteiger partial charge in [-0.2, -0.15) is 0 Å². The van der Waals surface area contributed by atoms with E-state index in [0.717, 1.165) is 36.5 Å². The Bertz CT molecular complexity index is 889. The maximum Gasteiger partial charge on any atom is 0.194 e. The number of guanidine groups is 1. The molecule has 0 radical (unpaired) electrons. The van der Waals surface area contributed by atoms with E-state index in [1.807, 2.05) is 17.2 Å². The predicted molar refractivity (Wildman–Crippen MR) is 116 cm³/mol. The van der Waals surface area contributed by atoms with Crippen molar-refractivity contribution in [2.45, 2.75) is 19.4 Å². The number of rotatable bonds is 4. The number of anilines is 2. The summed E-state index contributed by atoms with van der Waals surface area (Å²) in [5.41, 5.74) is 1.48. The van der Waals surface area contributed by atoms with Crippen LogP contribution in [0.1, 0.15) is 18.4 Å². The highest BCUT2D eigenvalue weighted by Gasteiger charge is 2.22. The number of aliphatic imine (C=N–C) groups is 1. The Labute approximate surface area is 176 Å². The first-order chi connectivity index (χ1) is 14.6. The second kappa shape index (κ2) is 9.28. The van der Waals surface area contributed by atoms with E-state index in [0.29, 0.717) is 38.4 Å². The van der Waals surface area contributed by atoms with Crippen LogP contribution in [0.15, 0.2) is 41.5 Å². The second-order valence-electron chi connectivity index (χ2n) is 7.69. The van der Waals surface area contributed by atoms with Gasteiger partial charge in [0.15, 0.2) is 5.96 Å². The molecule has 8 heteroatoms. The van der Waals surface area contributed by atoms with Crippen LogP contribution >= 0.6 is 0 Å². The highest BCUT2D eigenvalue weighted by Crippen LogP contribution is 2.22. The van der Waals surface area contributed by atoms with Crippen molar-refractivity contribution in [2.24, 2.45) is 4.99 Å². The molecular formula is C22H28F2N6. The van der Waals surface area contributed by atoms with Gasteiger partial charge in [-0.3, -0.25) is 4.99 Å². The maximum absolute atomic E-state index is 14.1. The molecule has 6 nitrogen and oxygen atoms in total. The van der Waals surface area contributed by atoms with Gasteiger partial charge in [-0.1, -0.05) is 0 Å². The third-order valence-corrected chi connectivity index (χ3v) is 5.73. The minimum absolute atomic E-state index is 0.323. The standard InChI is InChI=1S/C22H28F2N6/c1-25-22(27-16-17-6-7-26-21(14-17)29-8-2-3-9-29)30-12-10-28(11-13-30)20-15-18(23)4-5-19(20)24/h4-7,14-15H,2-3,8-13,16H2,1H3,(H,25,27). The van der Waals surface area contributed by atoms with E-state index in [1.54, 1.807) is 7.05 Å². The SMILES string of the molecule is CN=C(NCc1ccnc(N2CCCC2)c1)N1CCN(c2cc(F)ccc2F)CC1. The van der Waals surface area contributed by atoms with Gasteiger partial charge in [-0.05, 0) is 42.7 Å². The van der Waals surface area contributed by atoms with Gasteiger partial charge in [0.2, 0.25) is 0 Å². The Hall–Kier alpha value is -2.90. The molecule has 2 aromatic rings. The average molecular weight is 415 g/mol. The molecule has 1 aromatic carbocycles. The molecule has 160 valence electrons. The first-order valence-corrected chi connectivity index (χ1v) is 10.5. The number of halogens is 2. The topological polar surface area (TPSA) is 47.0 Å². The molecule has 0 saturated carbocycles. The summed E-state index contributed by atoms with van der Waals surface area (Å²) < 4.78 is 27.6. The fourth-order valence-corrected chi connectivity index (χ4v) is 4.09. The summed E-state index contributed by atoms with van der Waals surface area (Å²) in [6.45, 7) is 5.39. The van der Waals surface area contributed by atoms with Crippen LogP contribution in [0.5, 0.6) is 0 Å². The van der Waals surface area contributed by atoms with Gasteiger partial charge in [-0.15, -0.1) is 0 Å². The number of aromatic nitrogens is 1. The number of hydrogen-bond acceptors (Lipinski definition) is 4. The van der Waals surface area contributed by atoms with E-state index in [9.17, 15) is 8.78 Å². The molecule has 0 amide bonds. The lowest BCUT2D eigenvalue weighted by atomic mass is 10.2. The molecule has 0 spiro atoms. The van der Waals surface area contributed by atoms with Crippen LogP contribution in [0.2, 0.25) is 0 Å². The van der Waals surface area contributed by atoms with Gasteiger partial charge < -0.3 is 20.0 Å². The van der Waals surface area contributed by atoms with Crippen molar-refractivity contribution in [3.63, 3.8) is 0 Å². The van der Waals surface area contributed by atoms with E-state index in [2.05, 4.69) is 31.2 Å². The quantitative estimate of drug-likeness (QED) is 0.616. The minimum atomic E-state index is -0.419. The molecule has 1 aromatic heterocycles. The zero-order valence-corrected chi connectivity index (χ0v) is 17.3. The van der Waals surface area contributed by atoms with Gasteiger partial charge in [0.05, 0.1) is 5.69 Å². The highest BCUT2D eigenvalue weighted by atomic mass is 19.1. The Morgan fingerprint density at radius 2 is 1.77 bits per heavy atom. The molecule has 2 fully saturated rings. The zero-order chi connectivity index (χ0) is 20.9. The summed E-state index contributed by atoms with van der Waals surface area (Å²) in [5, 5.41) is 3.43. The van der Waals surface area contributed by atoms with Crippen LogP contribution in [-0.4, -0.2) is 62.2 Å². The van der Waals surface area contributed by atoms with Gasteiger partial charge in [-0.25, -0.2) is 13.8 Å². The lowest BCUT2D eigenvalue weighted by molar-refractivity contribution is 0.370. The fourth-order valence-electron chi connectivity index (χ4n) is 4.09. The summed E-state index contributed by atoms with van der Waals surface area (Å²) in [5.74, 6) is 1.04. The summed E-state index contributed by atoms with van der Waals surface area (Å²) >= 11 is 0. The van der Waals surface area contributed by atoms with Gasteiger partial charge in [0, 0.05) is 65.1 Å². The Morgan fingerprint density at radius 3 is 2.50 bits per heavy atom. The van der Waals surface area contributed by atoms with E-state index in [4.69, 9.17) is 0 Å². The van der Waals surface area contributed by atoms with Crippen LogP contribution < -0.4 is 15.1 Å². The molecule has 30 heavy (non-hydrogen) atoms. The number of pyridine rings is 1. The molecule has 3 heterocycles. The van der Waals surface area contributed by atoms with Crippen molar-refractivity contribution in [2.75, 3.05) is 56.1 Å². The van der Waals surface area contributed by atoms with Crippen LogP contribution in [-0.2, 0) is 6.54 Å². The van der Waals surface area contributed by atoms with Gasteiger partial charge in [0.1, 0.15) is 17.5 Å². The third kappa shape index (κ3) is 4.63. The van der Waals surface area contributed by atoms with Crippen LogP contribution in [0.3, 0.4) is 0 Å². The summed E-state index contributed by atoms with van der Waals surface area (Å²) in [6, 6.07) is 7.75. The predicted octanol–water partition coefficient (Wildman–Crippen LogP) is 2.86. The van der Waals surface area contributed by atoms with Gasteiger partial charge >= 0.3 is 0 Å². The van der Waals surface area contributed by atoms with Crippen LogP contribution in [0, 0.1) is 11.6 Å². The van der Waals surface area contributed by atoms with E-state index in [-0.39, 0.29) is 5.82 Å². The molecule has 4 rings (SSSR count). The van der Waals surface area contributed by atoms with E-state index < -0.39 is 5.82 Å². The molecule has 0 unspecified atom stereocenters. The molecular weight excluding hydrogens is 386 g/mol. The lowest BCUT2D eigenvalue weighted by Gasteiger charge is -2.37. The Morgan fingerprint density at radius 1 is 1.00 bits per heavy atom. The van der Waals surface area contributed by atoms with Crippen molar-refractivity contribution in [3.05, 3.63) is 53.7 Å². The lowest BCUT2D eigenvalue weighted by Crippen LogP contribution is -2.52. The van der Waals surface area contributed by atoms with Crippen molar-refractivity contribution >= 4 is 17.5 Å². The van der Waals surface area contributed by atoms with Crippen molar-refractivity contribution in [1.29, 1.82) is 0 Å². The first kappa shape index (κ1) is 20.4. The maximum atomic E-state index is 14.1. The van der Waals surface area contributed by atoms with Crippen molar-refractivity contribution in [1.82, 2.24) is 15.2 Å². The molecule has 0 atom stereocenters. The molecule has 0 bridgehead atoms. The smallest absolute Gasteiger partial charge is 0.194 e. The minimum Gasteiger partial charge on any atom is -0.366 e. The first-order valence-electron chi connectivity index (χ1n) is 10.5. The van der Waals surface area contributed by atoms with Crippen molar-refractivity contribution in [3.8, 4) is 0 Å². The largest absolute Gasteiger partial charge is 0.366 e. The van der Waals surface area contributed by atoms with Crippen molar-refractivity contribution < 1.29 is 8.78 Å². The van der Waals surface area contributed by atoms with E-state index >= 15 is 0 Å². The zero-order valence-electron chi connectivity index (χ0n) is 17.3. The summed E-state index contributed by atoms with van der Waals surface area (Å²) in [6.07, 6.45) is 4.31. The number of hydrogen-bond donors (Lipinski definition) is 1. The average Bonchev–Trinajstić information content (AvgIpc) is 3.32. The van der Waals surface area contributed by atoms with E-state index in [1.165, 1.54) is 25.0 Å². The summed E-state index contributed by atoms with van der Waals surface area (Å²) in [4.78, 5) is 15.3. The normalized spacial score (nSPS) is 17.6. The second-order valence-corrected chi connectivity index (χ2v) is 7.69. The molecule has 1 N–H and O–H groups in total. The molecule has 2 aliphatic heterocycles. The number of nitrogens with one attached hydrogen (secondary N) is 1. The monoisotopic (exact) mass is 414 g/mol. The number of piperazine rings is 1. The highest BCUT2D eigenvalue weighted by molar-refractivity contribution is 5.80. The Balaban J connectivity index is 1.33. The molecule has 2 aliphatic rings. The fraction of sp³-hybridized carbons (Fsp3) is 0.455. The Kier molecular flexibility index (Phi) is 6.30. The van der Waals surface area contributed by atoms with Crippen LogP contribution in [0.4, 0.5) is 20.3 Å². The molecule has 0 aliphatic carbocycles. The summed E-state index contributed by atoms with van der Waals surface area (Å²) in [7, 11) is 1.77. The number of benzene rings is 1. The third-order valence-electron chi connectivity index (χ3n) is 5.73. The molecule has 2 saturated heterocycles. The number of nitrogens with zero attached hydrogens (tertiary/aromatic N) is 5.